The molecule has 0 aromatic heterocycles. The van der Waals surface area contributed by atoms with Gasteiger partial charge in [0.1, 0.15) is 0 Å². The average Bonchev–Trinajstić information content (AvgIpc) is 2.38. The van der Waals surface area contributed by atoms with Crippen LogP contribution in [0.2, 0.25) is 5.02 Å². The van der Waals surface area contributed by atoms with Crippen molar-refractivity contribution in [1.82, 2.24) is 0 Å². The zero-order valence-corrected chi connectivity index (χ0v) is 11.4. The number of nitro benzene ring substituents is 1. The molecule has 0 heterocycles. The van der Waals surface area contributed by atoms with Gasteiger partial charge >= 0.3 is 5.97 Å². The molecule has 7 nitrogen and oxygen atoms in total. The number of carboxylic acids is 1. The van der Waals surface area contributed by atoms with Crippen LogP contribution in [0.25, 0.3) is 0 Å². The third kappa shape index (κ3) is 3.55. The van der Waals surface area contributed by atoms with Crippen molar-refractivity contribution in [2.45, 2.75) is 13.8 Å². The van der Waals surface area contributed by atoms with Gasteiger partial charge in [-0.3, -0.25) is 14.9 Å². The highest BCUT2D eigenvalue weighted by atomic mass is 35.5. The van der Waals surface area contributed by atoms with Gasteiger partial charge in [-0.15, -0.1) is 0 Å². The first-order chi connectivity index (χ1) is 9.23. The molecule has 8 heteroatoms. The number of carboxylic acid groups (broad SMARTS) is 1. The lowest BCUT2D eigenvalue weighted by atomic mass is 10.1. The number of benzene rings is 1. The summed E-state index contributed by atoms with van der Waals surface area (Å²) in [4.78, 5) is 32.6. The lowest BCUT2D eigenvalue weighted by Crippen LogP contribution is -2.16. The van der Waals surface area contributed by atoms with E-state index in [1.165, 1.54) is 26.0 Å². The van der Waals surface area contributed by atoms with Gasteiger partial charge in [-0.2, -0.15) is 0 Å². The highest BCUT2D eigenvalue weighted by Gasteiger charge is 2.16. The van der Waals surface area contributed by atoms with E-state index in [0.29, 0.717) is 0 Å². The molecule has 0 spiro atoms. The molecule has 1 rings (SSSR count). The minimum atomic E-state index is -1.22. The van der Waals surface area contributed by atoms with E-state index < -0.39 is 16.8 Å². The zero-order valence-electron chi connectivity index (χ0n) is 10.6. The molecule has 1 amide bonds. The van der Waals surface area contributed by atoms with E-state index in [4.69, 9.17) is 16.7 Å². The molecule has 20 heavy (non-hydrogen) atoms. The first-order valence-electron chi connectivity index (χ1n) is 5.40. The minimum absolute atomic E-state index is 0.0138. The topological polar surface area (TPSA) is 110 Å². The van der Waals surface area contributed by atoms with Gasteiger partial charge in [0.05, 0.1) is 15.6 Å². The summed E-state index contributed by atoms with van der Waals surface area (Å²) in [6, 6.07) is 3.57. The molecule has 0 bridgehead atoms. The average molecular weight is 299 g/mol. The molecule has 0 saturated carbocycles. The summed E-state index contributed by atoms with van der Waals surface area (Å²) in [6.07, 6.45) is 0. The van der Waals surface area contributed by atoms with Crippen LogP contribution >= 0.6 is 11.6 Å². The van der Waals surface area contributed by atoms with Crippen molar-refractivity contribution in [1.29, 1.82) is 0 Å². The van der Waals surface area contributed by atoms with Crippen LogP contribution in [-0.4, -0.2) is 21.9 Å². The van der Waals surface area contributed by atoms with E-state index in [1.807, 2.05) is 0 Å². The van der Waals surface area contributed by atoms with E-state index in [-0.39, 0.29) is 27.5 Å². The normalized spacial score (nSPS) is 11.6. The van der Waals surface area contributed by atoms with Crippen molar-refractivity contribution in [3.8, 4) is 0 Å². The number of carbonyl (C=O) groups excluding carboxylic acids is 1. The number of hydrogen-bond acceptors (Lipinski definition) is 4. The summed E-state index contributed by atoms with van der Waals surface area (Å²) in [7, 11) is 0. The van der Waals surface area contributed by atoms with Crippen LogP contribution in [0.4, 0.5) is 11.4 Å². The quantitative estimate of drug-likeness (QED) is 0.504. The Bertz CT molecular complexity index is 624. The van der Waals surface area contributed by atoms with Crippen LogP contribution in [0, 0.1) is 10.1 Å². The van der Waals surface area contributed by atoms with Gasteiger partial charge in [-0.1, -0.05) is 11.6 Å². The number of nitrogens with zero attached hydrogens (tertiary/aromatic N) is 1. The van der Waals surface area contributed by atoms with Gasteiger partial charge in [0.15, 0.2) is 0 Å². The van der Waals surface area contributed by atoms with Crippen LogP contribution in [0.1, 0.15) is 13.8 Å². The van der Waals surface area contributed by atoms with Crippen LogP contribution < -0.4 is 5.32 Å². The van der Waals surface area contributed by atoms with Gasteiger partial charge < -0.3 is 10.4 Å². The molecule has 0 saturated heterocycles. The number of anilines is 1. The minimum Gasteiger partial charge on any atom is -0.478 e. The molecule has 0 aliphatic heterocycles. The van der Waals surface area contributed by atoms with Crippen molar-refractivity contribution < 1.29 is 19.6 Å². The SMILES string of the molecule is C/C(C(=O)O)=C(\C)C(=O)Nc1cc([N+](=O)[O-])ccc1Cl. The van der Waals surface area contributed by atoms with Crippen LogP contribution in [0.15, 0.2) is 29.3 Å². The number of nitrogens with one attached hydrogen (secondary N) is 1. The maximum atomic E-state index is 11.8. The largest absolute Gasteiger partial charge is 0.478 e. The monoisotopic (exact) mass is 298 g/mol. The molecule has 1 aromatic rings. The molecular weight excluding hydrogens is 288 g/mol. The van der Waals surface area contributed by atoms with Crippen molar-refractivity contribution in [3.05, 3.63) is 44.5 Å². The van der Waals surface area contributed by atoms with E-state index >= 15 is 0 Å². The van der Waals surface area contributed by atoms with Crippen molar-refractivity contribution in [2.24, 2.45) is 0 Å². The molecule has 0 unspecified atom stereocenters. The number of amides is 1. The molecular formula is C12H11ClN2O5. The van der Waals surface area contributed by atoms with Gasteiger partial charge in [-0.25, -0.2) is 4.79 Å². The number of hydrogen-bond donors (Lipinski definition) is 2. The third-order valence-electron chi connectivity index (χ3n) is 2.63. The number of non-ortho nitro benzene ring substituents is 1. The standard InChI is InChI=1S/C12H11ClN2O5/c1-6(7(2)12(17)18)11(16)14-10-5-8(15(19)20)3-4-9(10)13/h3-5H,1-2H3,(H,14,16)(H,17,18)/b7-6-. The van der Waals surface area contributed by atoms with Gasteiger partial charge in [0, 0.05) is 23.3 Å². The highest BCUT2D eigenvalue weighted by molar-refractivity contribution is 6.34. The Hall–Kier alpha value is -2.41. The maximum Gasteiger partial charge on any atom is 0.331 e. The number of carbonyl (C=O) groups is 2. The van der Waals surface area contributed by atoms with Crippen LogP contribution in [0.5, 0.6) is 0 Å². The predicted octanol–water partition coefficient (Wildman–Crippen LogP) is 2.61. The van der Waals surface area contributed by atoms with E-state index in [0.717, 1.165) is 6.07 Å². The summed E-state index contributed by atoms with van der Waals surface area (Å²) in [5.41, 5.74) is -0.325. The summed E-state index contributed by atoms with van der Waals surface area (Å²) in [5, 5.41) is 21.9. The maximum absolute atomic E-state index is 11.8. The number of aliphatic carboxylic acids is 1. The van der Waals surface area contributed by atoms with Crippen LogP contribution in [0.3, 0.4) is 0 Å². The fourth-order valence-corrected chi connectivity index (χ4v) is 1.43. The van der Waals surface area contributed by atoms with Crippen molar-refractivity contribution in [3.63, 3.8) is 0 Å². The second kappa shape index (κ2) is 6.16. The molecule has 2 N–H and O–H groups in total. The molecule has 106 valence electrons. The first kappa shape index (κ1) is 15.6. The van der Waals surface area contributed by atoms with E-state index in [2.05, 4.69) is 5.32 Å². The van der Waals surface area contributed by atoms with E-state index in [1.54, 1.807) is 0 Å². The predicted molar refractivity (Wildman–Crippen MR) is 72.7 cm³/mol. The molecule has 0 fully saturated rings. The fourth-order valence-electron chi connectivity index (χ4n) is 1.27. The van der Waals surface area contributed by atoms with Crippen molar-refractivity contribution in [2.75, 3.05) is 5.32 Å². The molecule has 0 atom stereocenters. The Morgan fingerprint density at radius 1 is 1.30 bits per heavy atom. The number of halogens is 1. The summed E-state index contributed by atoms with van der Waals surface area (Å²) in [6.45, 7) is 2.62. The Balaban J connectivity index is 3.08. The Morgan fingerprint density at radius 2 is 1.90 bits per heavy atom. The molecule has 0 aliphatic carbocycles. The lowest BCUT2D eigenvalue weighted by molar-refractivity contribution is -0.384. The first-order valence-corrected chi connectivity index (χ1v) is 5.78. The molecule has 1 aromatic carbocycles. The lowest BCUT2D eigenvalue weighted by Gasteiger charge is -2.08. The molecule has 0 radical (unpaired) electrons. The van der Waals surface area contributed by atoms with E-state index in [9.17, 15) is 19.7 Å². The second-order valence-corrected chi connectivity index (χ2v) is 4.34. The Labute approximate surface area is 119 Å². The third-order valence-corrected chi connectivity index (χ3v) is 2.96. The zero-order chi connectivity index (χ0) is 15.4. The summed E-state index contributed by atoms with van der Waals surface area (Å²) >= 11 is 5.82. The number of nitro groups is 1. The Morgan fingerprint density at radius 3 is 2.40 bits per heavy atom. The Kier molecular flexibility index (Phi) is 4.82. The smallest absolute Gasteiger partial charge is 0.331 e. The van der Waals surface area contributed by atoms with Gasteiger partial charge in [-0.05, 0) is 19.9 Å². The fraction of sp³-hybridized carbons (Fsp3) is 0.167. The number of rotatable bonds is 4. The highest BCUT2D eigenvalue weighted by Crippen LogP contribution is 2.27. The summed E-state index contributed by atoms with van der Waals surface area (Å²) < 4.78 is 0. The van der Waals surface area contributed by atoms with Gasteiger partial charge in [0.2, 0.25) is 0 Å². The van der Waals surface area contributed by atoms with Crippen molar-refractivity contribution >= 4 is 34.9 Å². The second-order valence-electron chi connectivity index (χ2n) is 3.93. The summed E-state index contributed by atoms with van der Waals surface area (Å²) in [5.74, 6) is -1.91. The van der Waals surface area contributed by atoms with Gasteiger partial charge in [0.25, 0.3) is 11.6 Å². The molecule has 0 aliphatic rings. The van der Waals surface area contributed by atoms with Crippen LogP contribution in [-0.2, 0) is 9.59 Å².